The molecule has 2 aromatic carbocycles. The quantitative estimate of drug-likeness (QED) is 0.714. The molecule has 0 unspecified atom stereocenters. The van der Waals surface area contributed by atoms with Crippen LogP contribution in [0.4, 0.5) is 0 Å². The number of hydrogen-bond acceptors (Lipinski definition) is 2. The first-order chi connectivity index (χ1) is 9.02. The summed E-state index contributed by atoms with van der Waals surface area (Å²) in [6.45, 7) is 1.99. The lowest BCUT2D eigenvalue weighted by atomic mass is 10.0. The molecule has 0 aromatic heterocycles. The molecule has 0 saturated heterocycles. The zero-order valence-corrected chi connectivity index (χ0v) is 13.7. The number of hydrogen-bond donors (Lipinski definition) is 0. The number of ketones is 1. The van der Waals surface area contributed by atoms with Crippen LogP contribution in [0.15, 0.2) is 45.3 Å². The summed E-state index contributed by atoms with van der Waals surface area (Å²) in [5, 5.41) is 0. The molecule has 2 nitrogen and oxygen atoms in total. The van der Waals surface area contributed by atoms with Crippen LogP contribution in [0.25, 0.3) is 0 Å². The third-order valence-corrected chi connectivity index (χ3v) is 4.06. The van der Waals surface area contributed by atoms with Gasteiger partial charge in [-0.2, -0.15) is 0 Å². The molecule has 0 atom stereocenters. The van der Waals surface area contributed by atoms with Gasteiger partial charge in [0.2, 0.25) is 0 Å². The summed E-state index contributed by atoms with van der Waals surface area (Å²) in [6.07, 6.45) is 0. The summed E-state index contributed by atoms with van der Waals surface area (Å²) < 4.78 is 6.73. The summed E-state index contributed by atoms with van der Waals surface area (Å²) in [7, 11) is 1.60. The van der Waals surface area contributed by atoms with Crippen molar-refractivity contribution < 1.29 is 9.53 Å². The van der Waals surface area contributed by atoms with Crippen molar-refractivity contribution in [2.24, 2.45) is 0 Å². The van der Waals surface area contributed by atoms with Crippen LogP contribution in [0.3, 0.4) is 0 Å². The van der Waals surface area contributed by atoms with Gasteiger partial charge in [0.1, 0.15) is 5.75 Å². The molecule has 2 aromatic rings. The molecular weight excluding hydrogens is 372 g/mol. The molecular formula is C15H12Br2O2. The molecule has 4 heteroatoms. The number of ether oxygens (including phenoxy) is 1. The van der Waals surface area contributed by atoms with Crippen molar-refractivity contribution in [1.82, 2.24) is 0 Å². The van der Waals surface area contributed by atoms with Crippen molar-refractivity contribution in [2.75, 3.05) is 7.11 Å². The second kappa shape index (κ2) is 5.88. The fourth-order valence-corrected chi connectivity index (χ4v) is 2.98. The Morgan fingerprint density at radius 1 is 1.05 bits per heavy atom. The number of aryl methyl sites for hydroxylation is 1. The van der Waals surface area contributed by atoms with Crippen LogP contribution in [0.2, 0.25) is 0 Å². The predicted octanol–water partition coefficient (Wildman–Crippen LogP) is 4.76. The maximum atomic E-state index is 12.4. The summed E-state index contributed by atoms with van der Waals surface area (Å²) in [4.78, 5) is 12.4. The van der Waals surface area contributed by atoms with Gasteiger partial charge in [-0.25, -0.2) is 0 Å². The van der Waals surface area contributed by atoms with Gasteiger partial charge in [0, 0.05) is 15.6 Å². The van der Waals surface area contributed by atoms with Gasteiger partial charge in [-0.3, -0.25) is 4.79 Å². The fourth-order valence-electron chi connectivity index (χ4n) is 1.77. The summed E-state index contributed by atoms with van der Waals surface area (Å²) in [5.41, 5.74) is 2.39. The Hall–Kier alpha value is -1.13. The number of benzene rings is 2. The van der Waals surface area contributed by atoms with E-state index >= 15 is 0 Å². The van der Waals surface area contributed by atoms with E-state index in [1.807, 2.05) is 25.1 Å². The summed E-state index contributed by atoms with van der Waals surface area (Å²) in [6, 6.07) is 11.0. The smallest absolute Gasteiger partial charge is 0.194 e. The molecule has 0 aliphatic carbocycles. The first kappa shape index (κ1) is 14.3. The Morgan fingerprint density at radius 2 is 1.79 bits per heavy atom. The Labute approximate surface area is 129 Å². The largest absolute Gasteiger partial charge is 0.496 e. The van der Waals surface area contributed by atoms with Crippen molar-refractivity contribution >= 4 is 37.6 Å². The number of carbonyl (C=O) groups is 1. The van der Waals surface area contributed by atoms with Crippen LogP contribution in [0.5, 0.6) is 5.75 Å². The highest BCUT2D eigenvalue weighted by Gasteiger charge is 2.14. The van der Waals surface area contributed by atoms with Crippen molar-refractivity contribution in [2.45, 2.75) is 6.92 Å². The second-order valence-corrected chi connectivity index (χ2v) is 5.87. The standard InChI is InChI=1S/C15H12Br2O2/c1-9-3-5-11(12(16)7-9)15(18)10-4-6-14(19-2)13(17)8-10/h3-8H,1-2H3. The molecule has 98 valence electrons. The van der Waals surface area contributed by atoms with Gasteiger partial charge in [-0.15, -0.1) is 0 Å². The molecule has 0 N–H and O–H groups in total. The van der Waals surface area contributed by atoms with E-state index in [1.54, 1.807) is 25.3 Å². The fraction of sp³-hybridized carbons (Fsp3) is 0.133. The zero-order chi connectivity index (χ0) is 14.0. The van der Waals surface area contributed by atoms with E-state index in [0.717, 1.165) is 14.5 Å². The van der Waals surface area contributed by atoms with E-state index in [0.29, 0.717) is 16.9 Å². The van der Waals surface area contributed by atoms with Gasteiger partial charge < -0.3 is 4.74 Å². The average Bonchev–Trinajstić information content (AvgIpc) is 2.38. The monoisotopic (exact) mass is 382 g/mol. The minimum atomic E-state index is -0.0183. The molecule has 0 heterocycles. The van der Waals surface area contributed by atoms with Crippen molar-refractivity contribution in [3.8, 4) is 5.75 Å². The summed E-state index contributed by atoms with van der Waals surface area (Å²) in [5.74, 6) is 0.690. The van der Waals surface area contributed by atoms with Crippen LogP contribution in [0.1, 0.15) is 21.5 Å². The minimum absolute atomic E-state index is 0.0183. The SMILES string of the molecule is COc1ccc(C(=O)c2ccc(C)cc2Br)cc1Br. The Morgan fingerprint density at radius 3 is 2.37 bits per heavy atom. The molecule has 0 aliphatic heterocycles. The zero-order valence-electron chi connectivity index (χ0n) is 10.5. The Kier molecular flexibility index (Phi) is 4.42. The van der Waals surface area contributed by atoms with Gasteiger partial charge in [0.05, 0.1) is 11.6 Å². The topological polar surface area (TPSA) is 26.3 Å². The van der Waals surface area contributed by atoms with E-state index in [2.05, 4.69) is 31.9 Å². The molecule has 0 spiro atoms. The first-order valence-electron chi connectivity index (χ1n) is 5.67. The predicted molar refractivity (Wildman–Crippen MR) is 83.0 cm³/mol. The van der Waals surface area contributed by atoms with Gasteiger partial charge >= 0.3 is 0 Å². The lowest BCUT2D eigenvalue weighted by molar-refractivity contribution is 0.103. The van der Waals surface area contributed by atoms with Gasteiger partial charge in [0.25, 0.3) is 0 Å². The number of rotatable bonds is 3. The van der Waals surface area contributed by atoms with Crippen molar-refractivity contribution in [3.05, 3.63) is 62.0 Å². The van der Waals surface area contributed by atoms with Crippen LogP contribution >= 0.6 is 31.9 Å². The average molecular weight is 384 g/mol. The third kappa shape index (κ3) is 3.07. The summed E-state index contributed by atoms with van der Waals surface area (Å²) >= 11 is 6.82. The third-order valence-electron chi connectivity index (χ3n) is 2.78. The highest BCUT2D eigenvalue weighted by Crippen LogP contribution is 2.28. The van der Waals surface area contributed by atoms with Gasteiger partial charge in [-0.1, -0.05) is 22.0 Å². The molecule has 2 rings (SSSR count). The maximum Gasteiger partial charge on any atom is 0.194 e. The van der Waals surface area contributed by atoms with E-state index in [1.165, 1.54) is 0 Å². The van der Waals surface area contributed by atoms with E-state index < -0.39 is 0 Å². The molecule has 0 aliphatic rings. The maximum absolute atomic E-state index is 12.4. The first-order valence-corrected chi connectivity index (χ1v) is 7.26. The normalized spacial score (nSPS) is 10.3. The highest BCUT2D eigenvalue weighted by atomic mass is 79.9. The molecule has 0 fully saturated rings. The molecule has 0 radical (unpaired) electrons. The van der Waals surface area contributed by atoms with Crippen LogP contribution in [-0.2, 0) is 0 Å². The molecule has 19 heavy (non-hydrogen) atoms. The highest BCUT2D eigenvalue weighted by molar-refractivity contribution is 9.10. The Balaban J connectivity index is 2.41. The number of carbonyl (C=O) groups excluding carboxylic acids is 1. The lowest BCUT2D eigenvalue weighted by Gasteiger charge is -2.07. The van der Waals surface area contributed by atoms with E-state index in [-0.39, 0.29) is 5.78 Å². The van der Waals surface area contributed by atoms with Crippen LogP contribution in [-0.4, -0.2) is 12.9 Å². The van der Waals surface area contributed by atoms with Crippen LogP contribution < -0.4 is 4.74 Å². The number of methoxy groups -OCH3 is 1. The van der Waals surface area contributed by atoms with Gasteiger partial charge in [0.15, 0.2) is 5.78 Å². The lowest BCUT2D eigenvalue weighted by Crippen LogP contribution is -2.03. The second-order valence-electron chi connectivity index (χ2n) is 4.16. The van der Waals surface area contributed by atoms with Crippen molar-refractivity contribution in [3.63, 3.8) is 0 Å². The molecule has 0 amide bonds. The van der Waals surface area contributed by atoms with Gasteiger partial charge in [-0.05, 0) is 58.7 Å². The van der Waals surface area contributed by atoms with E-state index in [4.69, 9.17) is 4.74 Å². The van der Waals surface area contributed by atoms with Crippen LogP contribution in [0, 0.1) is 6.92 Å². The molecule has 0 saturated carbocycles. The molecule has 0 bridgehead atoms. The number of halogens is 2. The van der Waals surface area contributed by atoms with E-state index in [9.17, 15) is 4.79 Å². The van der Waals surface area contributed by atoms with Crippen molar-refractivity contribution in [1.29, 1.82) is 0 Å². The Bertz CT molecular complexity index is 636. The minimum Gasteiger partial charge on any atom is -0.496 e.